The van der Waals surface area contributed by atoms with E-state index in [-0.39, 0.29) is 5.54 Å². The third kappa shape index (κ3) is 2.71. The van der Waals surface area contributed by atoms with E-state index < -0.39 is 0 Å². The quantitative estimate of drug-likeness (QED) is 0.679. The molecule has 0 aliphatic heterocycles. The molecule has 0 amide bonds. The first-order chi connectivity index (χ1) is 6.63. The van der Waals surface area contributed by atoms with Crippen LogP contribution in [-0.2, 0) is 0 Å². The van der Waals surface area contributed by atoms with Crippen molar-refractivity contribution in [2.45, 2.75) is 45.1 Å². The van der Waals surface area contributed by atoms with E-state index >= 15 is 0 Å². The molecule has 2 fully saturated rings. The van der Waals surface area contributed by atoms with Gasteiger partial charge in [0.15, 0.2) is 0 Å². The van der Waals surface area contributed by atoms with E-state index in [1.54, 1.807) is 0 Å². The summed E-state index contributed by atoms with van der Waals surface area (Å²) in [7, 11) is 0. The fraction of sp³-hybridized carbons (Fsp3) is 1.00. The highest BCUT2D eigenvalue weighted by Gasteiger charge is 2.36. The third-order valence-corrected chi connectivity index (χ3v) is 3.95. The topological polar surface area (TPSA) is 38.0 Å². The predicted octanol–water partition coefficient (Wildman–Crippen LogP) is 1.75. The first-order valence-corrected chi connectivity index (χ1v) is 6.08. The van der Waals surface area contributed by atoms with Crippen molar-refractivity contribution in [2.75, 3.05) is 13.1 Å². The van der Waals surface area contributed by atoms with E-state index in [4.69, 9.17) is 5.73 Å². The molecular weight excluding hydrogens is 172 g/mol. The highest BCUT2D eigenvalue weighted by molar-refractivity contribution is 4.93. The van der Waals surface area contributed by atoms with Crippen LogP contribution in [0.25, 0.3) is 0 Å². The summed E-state index contributed by atoms with van der Waals surface area (Å²) < 4.78 is 0. The Morgan fingerprint density at radius 1 is 1.43 bits per heavy atom. The molecule has 0 heterocycles. The number of hydrogen-bond acceptors (Lipinski definition) is 2. The van der Waals surface area contributed by atoms with Gasteiger partial charge in [0.25, 0.3) is 0 Å². The second-order valence-electron chi connectivity index (χ2n) is 5.77. The second-order valence-corrected chi connectivity index (χ2v) is 5.77. The van der Waals surface area contributed by atoms with Crippen molar-refractivity contribution in [3.63, 3.8) is 0 Å². The first-order valence-electron chi connectivity index (χ1n) is 6.08. The van der Waals surface area contributed by atoms with Crippen LogP contribution in [0.2, 0.25) is 0 Å². The Balaban J connectivity index is 1.72. The van der Waals surface area contributed by atoms with Crippen LogP contribution in [0.15, 0.2) is 0 Å². The largest absolute Gasteiger partial charge is 0.329 e. The highest BCUT2D eigenvalue weighted by atomic mass is 15.0. The average molecular weight is 196 g/mol. The second kappa shape index (κ2) is 3.82. The summed E-state index contributed by atoms with van der Waals surface area (Å²) >= 11 is 0. The number of nitrogens with two attached hydrogens (primary N) is 1. The molecule has 2 heteroatoms. The third-order valence-electron chi connectivity index (χ3n) is 3.95. The molecule has 2 aliphatic carbocycles. The van der Waals surface area contributed by atoms with Gasteiger partial charge in [-0.05, 0) is 44.1 Å². The molecule has 2 aliphatic rings. The van der Waals surface area contributed by atoms with Gasteiger partial charge in [0, 0.05) is 12.1 Å². The molecule has 0 aromatic carbocycles. The molecule has 2 rings (SSSR count). The maximum Gasteiger partial charge on any atom is 0.0278 e. The van der Waals surface area contributed by atoms with Crippen molar-refractivity contribution in [2.24, 2.45) is 23.5 Å². The van der Waals surface area contributed by atoms with Crippen LogP contribution >= 0.6 is 0 Å². The lowest BCUT2D eigenvalue weighted by Gasteiger charge is -2.30. The summed E-state index contributed by atoms with van der Waals surface area (Å²) in [6.07, 6.45) is 5.55. The summed E-state index contributed by atoms with van der Waals surface area (Å²) in [5, 5.41) is 3.68. The molecule has 0 saturated heterocycles. The maximum absolute atomic E-state index is 5.86. The van der Waals surface area contributed by atoms with Crippen LogP contribution in [0.4, 0.5) is 0 Å². The van der Waals surface area contributed by atoms with Gasteiger partial charge in [-0.1, -0.05) is 19.8 Å². The van der Waals surface area contributed by atoms with Gasteiger partial charge in [-0.25, -0.2) is 0 Å². The summed E-state index contributed by atoms with van der Waals surface area (Å²) in [5.41, 5.74) is 6.07. The zero-order chi connectivity index (χ0) is 10.2. The van der Waals surface area contributed by atoms with Gasteiger partial charge in [-0.15, -0.1) is 0 Å². The molecule has 3 N–H and O–H groups in total. The van der Waals surface area contributed by atoms with Gasteiger partial charge < -0.3 is 11.1 Å². The van der Waals surface area contributed by atoms with Crippen molar-refractivity contribution in [1.29, 1.82) is 0 Å². The van der Waals surface area contributed by atoms with Crippen molar-refractivity contribution in [3.8, 4) is 0 Å². The molecule has 0 spiro atoms. The van der Waals surface area contributed by atoms with Crippen LogP contribution in [-0.4, -0.2) is 18.6 Å². The standard InChI is InChI=1S/C12H24N2/c1-9-5-11(9)7-14-12(2,8-13)6-10-3-4-10/h9-11,14H,3-8,13H2,1-2H3. The lowest BCUT2D eigenvalue weighted by molar-refractivity contribution is 0.316. The molecule has 2 nitrogen and oxygen atoms in total. The Bertz CT molecular complexity index is 200. The van der Waals surface area contributed by atoms with E-state index in [2.05, 4.69) is 19.2 Å². The Labute approximate surface area is 87.6 Å². The van der Waals surface area contributed by atoms with E-state index in [1.165, 1.54) is 32.2 Å². The van der Waals surface area contributed by atoms with Gasteiger partial charge in [-0.3, -0.25) is 0 Å². The monoisotopic (exact) mass is 196 g/mol. The molecule has 14 heavy (non-hydrogen) atoms. The summed E-state index contributed by atoms with van der Waals surface area (Å²) in [4.78, 5) is 0. The predicted molar refractivity (Wildman–Crippen MR) is 60.1 cm³/mol. The zero-order valence-electron chi connectivity index (χ0n) is 9.55. The summed E-state index contributed by atoms with van der Waals surface area (Å²) in [6.45, 7) is 6.59. The Morgan fingerprint density at radius 2 is 2.07 bits per heavy atom. The van der Waals surface area contributed by atoms with Crippen molar-refractivity contribution >= 4 is 0 Å². The minimum atomic E-state index is 0.212. The van der Waals surface area contributed by atoms with Gasteiger partial charge in [0.2, 0.25) is 0 Å². The normalized spacial score (nSPS) is 35.4. The minimum absolute atomic E-state index is 0.212. The van der Waals surface area contributed by atoms with Crippen molar-refractivity contribution in [3.05, 3.63) is 0 Å². The number of nitrogens with one attached hydrogen (secondary N) is 1. The van der Waals surface area contributed by atoms with Crippen LogP contribution in [0.3, 0.4) is 0 Å². The number of hydrogen-bond donors (Lipinski definition) is 2. The Kier molecular flexibility index (Phi) is 2.85. The highest BCUT2D eigenvalue weighted by Crippen LogP contribution is 2.39. The lowest BCUT2D eigenvalue weighted by Crippen LogP contribution is -2.49. The van der Waals surface area contributed by atoms with E-state index in [9.17, 15) is 0 Å². The van der Waals surface area contributed by atoms with Gasteiger partial charge in [-0.2, -0.15) is 0 Å². The van der Waals surface area contributed by atoms with Crippen molar-refractivity contribution in [1.82, 2.24) is 5.32 Å². The summed E-state index contributed by atoms with van der Waals surface area (Å²) in [5.74, 6) is 2.85. The molecule has 3 atom stereocenters. The molecule has 0 bridgehead atoms. The molecule has 0 radical (unpaired) electrons. The van der Waals surface area contributed by atoms with Crippen LogP contribution < -0.4 is 11.1 Å². The average Bonchev–Trinajstić information content (AvgIpc) is 3.03. The first kappa shape index (κ1) is 10.4. The SMILES string of the molecule is CC1CC1CNC(C)(CN)CC1CC1. The number of rotatable bonds is 6. The molecule has 2 saturated carbocycles. The fourth-order valence-electron chi connectivity index (χ4n) is 2.25. The smallest absolute Gasteiger partial charge is 0.0278 e. The maximum atomic E-state index is 5.86. The zero-order valence-corrected chi connectivity index (χ0v) is 9.55. The van der Waals surface area contributed by atoms with Crippen LogP contribution in [0.1, 0.15) is 39.5 Å². The van der Waals surface area contributed by atoms with E-state index in [1.807, 2.05) is 0 Å². The Morgan fingerprint density at radius 3 is 2.50 bits per heavy atom. The van der Waals surface area contributed by atoms with Crippen molar-refractivity contribution < 1.29 is 0 Å². The van der Waals surface area contributed by atoms with Gasteiger partial charge in [0.1, 0.15) is 0 Å². The van der Waals surface area contributed by atoms with E-state index in [0.29, 0.717) is 0 Å². The summed E-state index contributed by atoms with van der Waals surface area (Å²) in [6, 6.07) is 0. The Hall–Kier alpha value is -0.0800. The van der Waals surface area contributed by atoms with E-state index in [0.717, 1.165) is 24.3 Å². The van der Waals surface area contributed by atoms with Crippen LogP contribution in [0, 0.1) is 17.8 Å². The lowest BCUT2D eigenvalue weighted by atomic mass is 9.94. The molecule has 82 valence electrons. The fourth-order valence-corrected chi connectivity index (χ4v) is 2.25. The van der Waals surface area contributed by atoms with Gasteiger partial charge >= 0.3 is 0 Å². The van der Waals surface area contributed by atoms with Crippen LogP contribution in [0.5, 0.6) is 0 Å². The minimum Gasteiger partial charge on any atom is -0.329 e. The molecule has 0 aromatic rings. The molecule has 0 aromatic heterocycles. The van der Waals surface area contributed by atoms with Gasteiger partial charge in [0.05, 0.1) is 0 Å². The molecule has 3 unspecified atom stereocenters. The molecular formula is C12H24N2.